The largest absolute Gasteiger partial charge is 0.354 e. The number of nitrogens with zero attached hydrogens (tertiary/aromatic N) is 5. The molecule has 162 valence electrons. The van der Waals surface area contributed by atoms with Crippen LogP contribution in [0.1, 0.15) is 44.0 Å². The van der Waals surface area contributed by atoms with Crippen LogP contribution in [0.4, 0.5) is 5.82 Å². The fourth-order valence-electron chi connectivity index (χ4n) is 4.56. The van der Waals surface area contributed by atoms with Crippen LogP contribution < -0.4 is 4.90 Å². The SMILES string of the molecule is Cc1c(-c2ccccc2)c(N2CC[C@H](N(C)C)C2)n2nc(C(C)(C)C)c(Cl)c2c1C#N. The summed E-state index contributed by atoms with van der Waals surface area (Å²) in [5.74, 6) is 1.03. The summed E-state index contributed by atoms with van der Waals surface area (Å²) < 4.78 is 1.94. The van der Waals surface area contributed by atoms with Crippen molar-refractivity contribution in [1.82, 2.24) is 14.5 Å². The van der Waals surface area contributed by atoms with E-state index in [-0.39, 0.29) is 5.41 Å². The molecule has 0 aliphatic carbocycles. The molecule has 4 rings (SSSR count). The molecule has 5 nitrogen and oxygen atoms in total. The lowest BCUT2D eigenvalue weighted by molar-refractivity contribution is 0.315. The predicted molar refractivity (Wildman–Crippen MR) is 128 cm³/mol. The molecular formula is C25H30ClN5. The predicted octanol–water partition coefficient (Wildman–Crippen LogP) is 5.27. The maximum absolute atomic E-state index is 10.1. The molecule has 0 radical (unpaired) electrons. The normalized spacial score (nSPS) is 17.0. The van der Waals surface area contributed by atoms with E-state index in [4.69, 9.17) is 16.7 Å². The highest BCUT2D eigenvalue weighted by Crippen LogP contribution is 2.43. The van der Waals surface area contributed by atoms with Gasteiger partial charge in [0.25, 0.3) is 0 Å². The molecule has 0 bridgehead atoms. The van der Waals surface area contributed by atoms with Gasteiger partial charge in [0.2, 0.25) is 0 Å². The van der Waals surface area contributed by atoms with Crippen molar-refractivity contribution < 1.29 is 0 Å². The van der Waals surface area contributed by atoms with Gasteiger partial charge in [-0.05, 0) is 38.6 Å². The molecule has 2 aromatic heterocycles. The summed E-state index contributed by atoms with van der Waals surface area (Å²) in [5.41, 5.74) is 5.00. The molecule has 1 aliphatic rings. The van der Waals surface area contributed by atoms with Crippen molar-refractivity contribution >= 4 is 22.9 Å². The molecule has 3 aromatic rings. The summed E-state index contributed by atoms with van der Waals surface area (Å²) in [7, 11) is 4.27. The summed E-state index contributed by atoms with van der Waals surface area (Å²) in [6.45, 7) is 10.2. The molecule has 3 heterocycles. The number of hydrogen-bond donors (Lipinski definition) is 0. The minimum Gasteiger partial charge on any atom is -0.354 e. The van der Waals surface area contributed by atoms with Gasteiger partial charge < -0.3 is 9.80 Å². The Kier molecular flexibility index (Phi) is 5.49. The Morgan fingerprint density at radius 3 is 2.42 bits per heavy atom. The van der Waals surface area contributed by atoms with Crippen molar-refractivity contribution in [3.8, 4) is 17.2 Å². The standard InChI is InChI=1S/C25H30ClN5/c1-16-19(14-27)22-21(26)23(25(2,3)4)28-31(22)24(20(16)17-10-8-7-9-11-17)30-13-12-18(15-30)29(5)6/h7-11,18H,12-13,15H2,1-6H3/t18-/m0/s1. The fourth-order valence-corrected chi connectivity index (χ4v) is 5.05. The molecule has 1 saturated heterocycles. The molecular weight excluding hydrogens is 406 g/mol. The first-order valence-corrected chi connectivity index (χ1v) is 11.1. The van der Waals surface area contributed by atoms with Crippen molar-refractivity contribution in [2.75, 3.05) is 32.1 Å². The zero-order chi connectivity index (χ0) is 22.5. The molecule has 0 unspecified atom stereocenters. The van der Waals surface area contributed by atoms with E-state index < -0.39 is 0 Å². The van der Waals surface area contributed by atoms with E-state index in [1.54, 1.807) is 0 Å². The van der Waals surface area contributed by atoms with Crippen LogP contribution in [0, 0.1) is 18.3 Å². The van der Waals surface area contributed by atoms with Gasteiger partial charge in [-0.25, -0.2) is 4.52 Å². The van der Waals surface area contributed by atoms with E-state index >= 15 is 0 Å². The van der Waals surface area contributed by atoms with Gasteiger partial charge >= 0.3 is 0 Å². The molecule has 1 aromatic carbocycles. The monoisotopic (exact) mass is 435 g/mol. The Bertz CT molecular complexity index is 1170. The van der Waals surface area contributed by atoms with Gasteiger partial charge in [-0.2, -0.15) is 10.4 Å². The van der Waals surface area contributed by atoms with Gasteiger partial charge in [0.15, 0.2) is 0 Å². The highest BCUT2D eigenvalue weighted by Gasteiger charge is 2.33. The van der Waals surface area contributed by atoms with Crippen LogP contribution in [0.3, 0.4) is 0 Å². The van der Waals surface area contributed by atoms with E-state index in [0.29, 0.717) is 16.6 Å². The van der Waals surface area contributed by atoms with Crippen LogP contribution >= 0.6 is 11.6 Å². The first kappa shape index (κ1) is 21.7. The summed E-state index contributed by atoms with van der Waals surface area (Å²) in [6.07, 6.45) is 1.09. The molecule has 1 aliphatic heterocycles. The van der Waals surface area contributed by atoms with Gasteiger partial charge in [0.05, 0.1) is 16.3 Å². The van der Waals surface area contributed by atoms with Crippen LogP contribution in [-0.4, -0.2) is 47.7 Å². The molecule has 0 spiro atoms. The maximum atomic E-state index is 10.1. The molecule has 6 heteroatoms. The Morgan fingerprint density at radius 2 is 1.87 bits per heavy atom. The summed E-state index contributed by atoms with van der Waals surface area (Å²) in [5, 5.41) is 15.7. The summed E-state index contributed by atoms with van der Waals surface area (Å²) in [4.78, 5) is 4.69. The minimum absolute atomic E-state index is 0.231. The number of fused-ring (bicyclic) bond motifs is 1. The van der Waals surface area contributed by atoms with Crippen molar-refractivity contribution in [3.63, 3.8) is 0 Å². The molecule has 31 heavy (non-hydrogen) atoms. The lowest BCUT2D eigenvalue weighted by atomic mass is 9.91. The topological polar surface area (TPSA) is 47.6 Å². The Morgan fingerprint density at radius 1 is 1.19 bits per heavy atom. The van der Waals surface area contributed by atoms with Crippen LogP contribution in [0.2, 0.25) is 5.02 Å². The van der Waals surface area contributed by atoms with Crippen molar-refractivity contribution in [3.05, 3.63) is 52.2 Å². The number of rotatable bonds is 3. The number of hydrogen-bond acceptors (Lipinski definition) is 4. The highest BCUT2D eigenvalue weighted by molar-refractivity contribution is 6.35. The maximum Gasteiger partial charge on any atom is 0.139 e. The average Bonchev–Trinajstić information content (AvgIpc) is 3.33. The van der Waals surface area contributed by atoms with Gasteiger partial charge in [-0.15, -0.1) is 0 Å². The first-order valence-electron chi connectivity index (χ1n) is 10.8. The van der Waals surface area contributed by atoms with E-state index in [0.717, 1.165) is 53.2 Å². The minimum atomic E-state index is -0.231. The van der Waals surface area contributed by atoms with Gasteiger partial charge in [0.1, 0.15) is 17.4 Å². The Hall–Kier alpha value is -2.55. The number of likely N-dealkylation sites (N-methyl/N-ethyl adjacent to an activating group) is 1. The van der Waals surface area contributed by atoms with E-state index in [2.05, 4.69) is 62.9 Å². The smallest absolute Gasteiger partial charge is 0.139 e. The number of aromatic nitrogens is 2. The second-order valence-corrected chi connectivity index (χ2v) is 10.1. The third-order valence-electron chi connectivity index (χ3n) is 6.32. The lowest BCUT2D eigenvalue weighted by Crippen LogP contribution is -2.32. The number of halogens is 1. The van der Waals surface area contributed by atoms with E-state index in [1.807, 2.05) is 29.6 Å². The summed E-state index contributed by atoms with van der Waals surface area (Å²) >= 11 is 6.89. The molecule has 1 fully saturated rings. The van der Waals surface area contributed by atoms with Gasteiger partial charge in [-0.3, -0.25) is 0 Å². The van der Waals surface area contributed by atoms with E-state index in [1.165, 1.54) is 0 Å². The molecule has 0 N–H and O–H groups in total. The second-order valence-electron chi connectivity index (χ2n) is 9.70. The third kappa shape index (κ3) is 3.58. The number of pyridine rings is 1. The average molecular weight is 436 g/mol. The zero-order valence-corrected chi connectivity index (χ0v) is 20.0. The summed E-state index contributed by atoms with van der Waals surface area (Å²) in [6, 6.07) is 13.2. The van der Waals surface area contributed by atoms with Crippen LogP contribution in [-0.2, 0) is 5.41 Å². The number of nitriles is 1. The third-order valence-corrected chi connectivity index (χ3v) is 6.67. The van der Waals surface area contributed by atoms with Gasteiger partial charge in [-0.1, -0.05) is 62.7 Å². The van der Waals surface area contributed by atoms with Crippen LogP contribution in [0.5, 0.6) is 0 Å². The van der Waals surface area contributed by atoms with Crippen LogP contribution in [0.25, 0.3) is 16.6 Å². The fraction of sp³-hybridized carbons (Fsp3) is 0.440. The lowest BCUT2D eigenvalue weighted by Gasteiger charge is -2.26. The number of benzene rings is 1. The quantitative estimate of drug-likeness (QED) is 0.562. The number of anilines is 1. The molecule has 0 saturated carbocycles. The van der Waals surface area contributed by atoms with Crippen LogP contribution in [0.15, 0.2) is 30.3 Å². The first-order chi connectivity index (χ1) is 14.6. The van der Waals surface area contributed by atoms with Gasteiger partial charge in [0, 0.05) is 30.1 Å². The molecule has 1 atom stereocenters. The molecule has 0 amide bonds. The highest BCUT2D eigenvalue weighted by atomic mass is 35.5. The van der Waals surface area contributed by atoms with Crippen molar-refractivity contribution in [2.45, 2.75) is 45.6 Å². The van der Waals surface area contributed by atoms with E-state index in [9.17, 15) is 5.26 Å². The Balaban J connectivity index is 2.10. The van der Waals surface area contributed by atoms with Crippen molar-refractivity contribution in [2.24, 2.45) is 0 Å². The zero-order valence-electron chi connectivity index (χ0n) is 19.2. The second kappa shape index (κ2) is 7.85. The van der Waals surface area contributed by atoms with Crippen molar-refractivity contribution in [1.29, 1.82) is 5.26 Å². The Labute approximate surface area is 189 Å².